The smallest absolute Gasteiger partial charge is 0.289 e. The third kappa shape index (κ3) is 3.03. The van der Waals surface area contributed by atoms with Crippen LogP contribution < -0.4 is 5.32 Å². The maximum absolute atomic E-state index is 12.4. The van der Waals surface area contributed by atoms with Crippen LogP contribution in [-0.2, 0) is 19.5 Å². The van der Waals surface area contributed by atoms with E-state index in [0.717, 1.165) is 51.3 Å². The predicted octanol–water partition coefficient (Wildman–Crippen LogP) is 1.78. The molecule has 6 nitrogen and oxygen atoms in total. The molecule has 1 saturated heterocycles. The summed E-state index contributed by atoms with van der Waals surface area (Å²) in [6, 6.07) is 9.12. The molecule has 2 fully saturated rings. The van der Waals surface area contributed by atoms with E-state index in [1.54, 1.807) is 0 Å². The minimum atomic E-state index is -0.0562. The van der Waals surface area contributed by atoms with Crippen LogP contribution in [0.4, 0.5) is 0 Å². The monoisotopic (exact) mass is 351 g/mol. The number of benzene rings is 1. The molecule has 3 heterocycles. The Morgan fingerprint density at radius 3 is 2.85 bits per heavy atom. The molecule has 2 atom stereocenters. The van der Waals surface area contributed by atoms with Crippen molar-refractivity contribution in [2.24, 2.45) is 11.8 Å². The lowest BCUT2D eigenvalue weighted by Crippen LogP contribution is -2.33. The van der Waals surface area contributed by atoms with Gasteiger partial charge in [0.05, 0.1) is 0 Å². The molecule has 136 valence electrons. The Balaban J connectivity index is 1.28. The standard InChI is InChI=1S/C20H25N5O/c1-13-3-2-4-14(7-13)9-24-10-15-8-18-22-23-19(20(26)21-17-5-6-17)25(18)12-16(15)11-24/h2-4,7,15-17H,5-6,8-12H2,1H3,(H,21,26). The van der Waals surface area contributed by atoms with Gasteiger partial charge in [0.25, 0.3) is 5.91 Å². The number of hydrogen-bond acceptors (Lipinski definition) is 4. The number of carbonyl (C=O) groups excluding carboxylic acids is 1. The maximum atomic E-state index is 12.4. The van der Waals surface area contributed by atoms with E-state index in [9.17, 15) is 4.79 Å². The minimum Gasteiger partial charge on any atom is -0.347 e. The van der Waals surface area contributed by atoms with Crippen molar-refractivity contribution in [2.75, 3.05) is 13.1 Å². The lowest BCUT2D eigenvalue weighted by molar-refractivity contribution is 0.0932. The van der Waals surface area contributed by atoms with E-state index in [1.807, 2.05) is 0 Å². The summed E-state index contributed by atoms with van der Waals surface area (Å²) in [6.45, 7) is 6.21. The molecule has 0 bridgehead atoms. The van der Waals surface area contributed by atoms with Crippen LogP contribution in [-0.4, -0.2) is 44.7 Å². The van der Waals surface area contributed by atoms with Crippen LogP contribution in [0.15, 0.2) is 24.3 Å². The number of amides is 1. The zero-order valence-electron chi connectivity index (χ0n) is 15.2. The highest BCUT2D eigenvalue weighted by Crippen LogP contribution is 2.33. The minimum absolute atomic E-state index is 0.0562. The lowest BCUT2D eigenvalue weighted by atomic mass is 9.89. The van der Waals surface area contributed by atoms with Crippen molar-refractivity contribution in [3.05, 3.63) is 47.0 Å². The first-order valence-corrected chi connectivity index (χ1v) is 9.66. The van der Waals surface area contributed by atoms with Crippen LogP contribution in [0.1, 0.15) is 40.4 Å². The summed E-state index contributed by atoms with van der Waals surface area (Å²) < 4.78 is 2.06. The summed E-state index contributed by atoms with van der Waals surface area (Å²) in [6.07, 6.45) is 3.11. The van der Waals surface area contributed by atoms with Gasteiger partial charge < -0.3 is 9.88 Å². The van der Waals surface area contributed by atoms with Gasteiger partial charge in [-0.1, -0.05) is 29.8 Å². The number of nitrogens with one attached hydrogen (secondary N) is 1. The number of nitrogens with zero attached hydrogens (tertiary/aromatic N) is 4. The van der Waals surface area contributed by atoms with E-state index in [2.05, 4.69) is 56.2 Å². The number of aromatic nitrogens is 3. The molecule has 6 heteroatoms. The SMILES string of the molecule is Cc1cccc(CN2CC3Cc4nnc(C(=O)NC5CC5)n4CC3C2)c1. The second kappa shape index (κ2) is 6.20. The summed E-state index contributed by atoms with van der Waals surface area (Å²) in [5.41, 5.74) is 2.70. The highest BCUT2D eigenvalue weighted by atomic mass is 16.2. The molecule has 0 radical (unpaired) electrons. The lowest BCUT2D eigenvalue weighted by Gasteiger charge is -2.25. The molecule has 3 aliphatic rings. The number of carbonyl (C=O) groups is 1. The summed E-state index contributed by atoms with van der Waals surface area (Å²) >= 11 is 0. The van der Waals surface area contributed by atoms with Crippen LogP contribution in [0.2, 0.25) is 0 Å². The average Bonchev–Trinajstić information content (AvgIpc) is 3.19. The Hall–Kier alpha value is -2.21. The Labute approximate surface area is 153 Å². The Morgan fingerprint density at radius 2 is 2.04 bits per heavy atom. The second-order valence-electron chi connectivity index (χ2n) is 8.21. The first-order valence-electron chi connectivity index (χ1n) is 9.66. The molecule has 1 aromatic heterocycles. The van der Waals surface area contributed by atoms with E-state index in [4.69, 9.17) is 0 Å². The van der Waals surface area contributed by atoms with Crippen LogP contribution in [0.3, 0.4) is 0 Å². The van der Waals surface area contributed by atoms with Gasteiger partial charge in [0, 0.05) is 38.6 Å². The van der Waals surface area contributed by atoms with Crippen molar-refractivity contribution in [3.8, 4) is 0 Å². The number of aryl methyl sites for hydroxylation is 1. The van der Waals surface area contributed by atoms with E-state index < -0.39 is 0 Å². The second-order valence-corrected chi connectivity index (χ2v) is 8.21. The van der Waals surface area contributed by atoms with Crippen molar-refractivity contribution >= 4 is 5.91 Å². The van der Waals surface area contributed by atoms with E-state index in [-0.39, 0.29) is 5.91 Å². The summed E-state index contributed by atoms with van der Waals surface area (Å²) in [5.74, 6) is 2.62. The first-order chi connectivity index (χ1) is 12.7. The number of likely N-dealkylation sites (tertiary alicyclic amines) is 1. The highest BCUT2D eigenvalue weighted by molar-refractivity contribution is 5.91. The van der Waals surface area contributed by atoms with Gasteiger partial charge >= 0.3 is 0 Å². The van der Waals surface area contributed by atoms with Gasteiger partial charge in [0.15, 0.2) is 0 Å². The molecule has 2 unspecified atom stereocenters. The topological polar surface area (TPSA) is 63.1 Å². The molecule has 26 heavy (non-hydrogen) atoms. The van der Waals surface area contributed by atoms with Crippen molar-refractivity contribution < 1.29 is 4.79 Å². The zero-order valence-corrected chi connectivity index (χ0v) is 15.2. The van der Waals surface area contributed by atoms with Crippen LogP contribution in [0, 0.1) is 18.8 Å². The van der Waals surface area contributed by atoms with Gasteiger partial charge in [-0.05, 0) is 37.2 Å². The molecule has 1 aromatic carbocycles. The third-order valence-electron chi connectivity index (χ3n) is 5.95. The molecule has 1 saturated carbocycles. The van der Waals surface area contributed by atoms with E-state index >= 15 is 0 Å². The maximum Gasteiger partial charge on any atom is 0.289 e. The van der Waals surface area contributed by atoms with Gasteiger partial charge in [-0.15, -0.1) is 10.2 Å². The fourth-order valence-electron chi connectivity index (χ4n) is 4.46. The van der Waals surface area contributed by atoms with Crippen molar-refractivity contribution in [2.45, 2.75) is 45.3 Å². The van der Waals surface area contributed by atoms with Crippen molar-refractivity contribution in [1.29, 1.82) is 0 Å². The fourth-order valence-corrected chi connectivity index (χ4v) is 4.46. The number of rotatable bonds is 4. The molecular formula is C20H25N5O. The number of hydrogen-bond donors (Lipinski definition) is 1. The molecule has 2 aliphatic heterocycles. The van der Waals surface area contributed by atoms with Gasteiger partial charge in [0.1, 0.15) is 5.82 Å². The molecular weight excluding hydrogens is 326 g/mol. The summed E-state index contributed by atoms with van der Waals surface area (Å²) in [7, 11) is 0. The van der Waals surface area contributed by atoms with Crippen LogP contribution in [0.5, 0.6) is 0 Å². The van der Waals surface area contributed by atoms with Gasteiger partial charge in [0.2, 0.25) is 5.82 Å². The Bertz CT molecular complexity index is 840. The normalized spacial score (nSPS) is 25.0. The van der Waals surface area contributed by atoms with Crippen LogP contribution in [0.25, 0.3) is 0 Å². The zero-order chi connectivity index (χ0) is 17.7. The first kappa shape index (κ1) is 16.0. The largest absolute Gasteiger partial charge is 0.347 e. The van der Waals surface area contributed by atoms with Gasteiger partial charge in [-0.3, -0.25) is 9.69 Å². The van der Waals surface area contributed by atoms with E-state index in [0.29, 0.717) is 23.7 Å². The Kier molecular flexibility index (Phi) is 3.81. The molecule has 1 N–H and O–H groups in total. The van der Waals surface area contributed by atoms with Crippen LogP contribution >= 0.6 is 0 Å². The quantitative estimate of drug-likeness (QED) is 0.912. The average molecular weight is 351 g/mol. The van der Waals surface area contributed by atoms with E-state index in [1.165, 1.54) is 11.1 Å². The Morgan fingerprint density at radius 1 is 1.19 bits per heavy atom. The molecule has 1 aliphatic carbocycles. The number of fused-ring (bicyclic) bond motifs is 2. The highest BCUT2D eigenvalue weighted by Gasteiger charge is 2.39. The molecule has 2 aromatic rings. The van der Waals surface area contributed by atoms with Crippen molar-refractivity contribution in [1.82, 2.24) is 25.0 Å². The molecule has 5 rings (SSSR count). The van der Waals surface area contributed by atoms with Gasteiger partial charge in [-0.2, -0.15) is 0 Å². The summed E-state index contributed by atoms with van der Waals surface area (Å²) in [4.78, 5) is 15.0. The molecule has 1 amide bonds. The van der Waals surface area contributed by atoms with Crippen molar-refractivity contribution in [3.63, 3.8) is 0 Å². The fraction of sp³-hybridized carbons (Fsp3) is 0.550. The van der Waals surface area contributed by atoms with Gasteiger partial charge in [-0.25, -0.2) is 0 Å². The third-order valence-corrected chi connectivity index (χ3v) is 5.95. The predicted molar refractivity (Wildman–Crippen MR) is 97.7 cm³/mol. The molecule has 0 spiro atoms. The summed E-state index contributed by atoms with van der Waals surface area (Å²) in [5, 5.41) is 11.5.